The number of ketones is 1. The minimum atomic E-state index is 0.0961. The standard InChI is InChI=1S/C24H21NO2/c1-25-21-9-5-4-8-20(21)24-19(14-27-15-22(24)25)13-23(26)18-11-10-16-6-2-3-7-17(16)12-18/h2-12,19H,13-15H2,1H3/t19-/m0/s1. The first kappa shape index (κ1) is 16.3. The molecular weight excluding hydrogens is 334 g/mol. The van der Waals surface area contributed by atoms with Gasteiger partial charge in [0, 0.05) is 41.5 Å². The normalized spacial score (nSPS) is 16.6. The number of hydrogen-bond acceptors (Lipinski definition) is 2. The predicted octanol–water partition coefficient (Wildman–Crippen LogP) is 5.22. The number of Topliss-reactive ketones (excluding diaryl/α,β-unsaturated/α-hetero) is 1. The molecule has 3 nitrogen and oxygen atoms in total. The number of aryl methyl sites for hydroxylation is 1. The van der Waals surface area contributed by atoms with Crippen molar-refractivity contribution in [3.63, 3.8) is 0 Å². The lowest BCUT2D eigenvalue weighted by molar-refractivity contribution is 0.0764. The van der Waals surface area contributed by atoms with Crippen molar-refractivity contribution in [1.82, 2.24) is 4.57 Å². The van der Waals surface area contributed by atoms with Crippen LogP contribution in [-0.4, -0.2) is 17.0 Å². The summed E-state index contributed by atoms with van der Waals surface area (Å²) in [5.41, 5.74) is 4.46. The predicted molar refractivity (Wildman–Crippen MR) is 108 cm³/mol. The molecule has 0 aliphatic carbocycles. The molecule has 5 rings (SSSR count). The highest BCUT2D eigenvalue weighted by Crippen LogP contribution is 2.37. The van der Waals surface area contributed by atoms with Crippen LogP contribution >= 0.6 is 0 Å². The molecule has 0 unspecified atom stereocenters. The van der Waals surface area contributed by atoms with Gasteiger partial charge in [0.2, 0.25) is 0 Å². The summed E-state index contributed by atoms with van der Waals surface area (Å²) in [5.74, 6) is 0.272. The van der Waals surface area contributed by atoms with Crippen molar-refractivity contribution < 1.29 is 9.53 Å². The van der Waals surface area contributed by atoms with Crippen LogP contribution in [0.4, 0.5) is 0 Å². The van der Waals surface area contributed by atoms with Crippen LogP contribution in [0.3, 0.4) is 0 Å². The minimum Gasteiger partial charge on any atom is -0.375 e. The molecule has 0 saturated carbocycles. The molecule has 0 amide bonds. The molecule has 3 aromatic carbocycles. The van der Waals surface area contributed by atoms with Crippen LogP contribution in [0.15, 0.2) is 66.7 Å². The summed E-state index contributed by atoms with van der Waals surface area (Å²) in [5, 5.41) is 3.51. The summed E-state index contributed by atoms with van der Waals surface area (Å²) in [4.78, 5) is 13.0. The molecular formula is C24H21NO2. The monoisotopic (exact) mass is 355 g/mol. The van der Waals surface area contributed by atoms with E-state index in [1.807, 2.05) is 30.3 Å². The van der Waals surface area contributed by atoms with Gasteiger partial charge < -0.3 is 9.30 Å². The van der Waals surface area contributed by atoms with Gasteiger partial charge >= 0.3 is 0 Å². The highest BCUT2D eigenvalue weighted by molar-refractivity contribution is 6.00. The molecule has 0 fully saturated rings. The summed E-state index contributed by atoms with van der Waals surface area (Å²) in [7, 11) is 2.08. The number of ether oxygens (including phenoxy) is 1. The van der Waals surface area contributed by atoms with Gasteiger partial charge in [-0.3, -0.25) is 4.79 Å². The van der Waals surface area contributed by atoms with E-state index in [1.165, 1.54) is 22.2 Å². The maximum atomic E-state index is 13.0. The number of hydrogen-bond donors (Lipinski definition) is 0. The molecule has 1 aromatic heterocycles. The molecule has 1 aliphatic heterocycles. The molecule has 134 valence electrons. The number of benzene rings is 3. The number of carbonyl (C=O) groups excluding carboxylic acids is 1. The highest BCUT2D eigenvalue weighted by Gasteiger charge is 2.29. The van der Waals surface area contributed by atoms with E-state index in [0.29, 0.717) is 19.6 Å². The molecule has 0 spiro atoms. The van der Waals surface area contributed by atoms with Gasteiger partial charge in [-0.05, 0) is 28.5 Å². The van der Waals surface area contributed by atoms with Gasteiger partial charge in [0.1, 0.15) is 0 Å². The molecule has 0 N–H and O–H groups in total. The summed E-state index contributed by atoms with van der Waals surface area (Å²) in [6.45, 7) is 1.21. The lowest BCUT2D eigenvalue weighted by Gasteiger charge is -2.24. The zero-order valence-corrected chi connectivity index (χ0v) is 15.3. The SMILES string of the molecule is Cn1c2c(c3ccccc31)[C@@H](CC(=O)c1ccc3ccccc3c1)COC2. The van der Waals surface area contributed by atoms with E-state index < -0.39 is 0 Å². The van der Waals surface area contributed by atoms with Gasteiger partial charge in [-0.25, -0.2) is 0 Å². The second kappa shape index (κ2) is 6.36. The molecule has 2 heterocycles. The Morgan fingerprint density at radius 2 is 1.81 bits per heavy atom. The van der Waals surface area contributed by atoms with Gasteiger partial charge in [0.25, 0.3) is 0 Å². The van der Waals surface area contributed by atoms with E-state index in [1.54, 1.807) is 0 Å². The van der Waals surface area contributed by atoms with Crippen molar-refractivity contribution in [1.29, 1.82) is 0 Å². The zero-order valence-electron chi connectivity index (χ0n) is 15.3. The quantitative estimate of drug-likeness (QED) is 0.472. The summed E-state index contributed by atoms with van der Waals surface area (Å²) >= 11 is 0. The minimum absolute atomic E-state index is 0.0961. The summed E-state index contributed by atoms with van der Waals surface area (Å²) in [6, 6.07) is 22.6. The Labute approximate surface area is 158 Å². The van der Waals surface area contributed by atoms with Crippen molar-refractivity contribution in [2.24, 2.45) is 7.05 Å². The summed E-state index contributed by atoms with van der Waals surface area (Å²) in [6.07, 6.45) is 0.472. The number of rotatable bonds is 3. The summed E-state index contributed by atoms with van der Waals surface area (Å²) < 4.78 is 8.06. The maximum Gasteiger partial charge on any atom is 0.163 e. The molecule has 0 radical (unpaired) electrons. The van der Waals surface area contributed by atoms with E-state index in [4.69, 9.17) is 4.74 Å². The fourth-order valence-corrected chi connectivity index (χ4v) is 4.35. The number of carbonyl (C=O) groups is 1. The third-order valence-electron chi connectivity index (χ3n) is 5.74. The van der Waals surface area contributed by atoms with Gasteiger partial charge in [0.05, 0.1) is 13.2 Å². The Morgan fingerprint density at radius 1 is 1.04 bits per heavy atom. The Balaban J connectivity index is 1.51. The van der Waals surface area contributed by atoms with Crippen LogP contribution in [-0.2, 0) is 18.4 Å². The number of nitrogens with zero attached hydrogens (tertiary/aromatic N) is 1. The number of aromatic nitrogens is 1. The third-order valence-corrected chi connectivity index (χ3v) is 5.74. The number of para-hydroxylation sites is 1. The molecule has 0 bridgehead atoms. The fraction of sp³-hybridized carbons (Fsp3) is 0.208. The van der Waals surface area contributed by atoms with Crippen LogP contribution in [0.25, 0.3) is 21.7 Å². The molecule has 1 atom stereocenters. The van der Waals surface area contributed by atoms with E-state index >= 15 is 0 Å². The van der Waals surface area contributed by atoms with Crippen LogP contribution in [0, 0.1) is 0 Å². The second-order valence-corrected chi connectivity index (χ2v) is 7.34. The van der Waals surface area contributed by atoms with Gasteiger partial charge in [-0.1, -0.05) is 54.6 Å². The van der Waals surface area contributed by atoms with Gasteiger partial charge in [-0.2, -0.15) is 0 Å². The first-order chi connectivity index (χ1) is 13.2. The molecule has 0 saturated heterocycles. The average Bonchev–Trinajstić information content (AvgIpc) is 3.01. The molecule has 1 aliphatic rings. The van der Waals surface area contributed by atoms with Crippen molar-refractivity contribution in [2.75, 3.05) is 6.61 Å². The Hall–Kier alpha value is -2.91. The smallest absolute Gasteiger partial charge is 0.163 e. The van der Waals surface area contributed by atoms with Crippen molar-refractivity contribution in [2.45, 2.75) is 18.9 Å². The van der Waals surface area contributed by atoms with E-state index in [9.17, 15) is 4.79 Å². The van der Waals surface area contributed by atoms with Crippen LogP contribution < -0.4 is 0 Å². The lowest BCUT2D eigenvalue weighted by atomic mass is 9.88. The zero-order chi connectivity index (χ0) is 18.4. The fourth-order valence-electron chi connectivity index (χ4n) is 4.35. The maximum absolute atomic E-state index is 13.0. The van der Waals surface area contributed by atoms with Crippen LogP contribution in [0.1, 0.15) is 34.0 Å². The molecule has 3 heteroatoms. The van der Waals surface area contributed by atoms with Crippen molar-refractivity contribution >= 4 is 27.5 Å². The second-order valence-electron chi connectivity index (χ2n) is 7.34. The largest absolute Gasteiger partial charge is 0.375 e. The average molecular weight is 355 g/mol. The van der Waals surface area contributed by atoms with Crippen LogP contribution in [0.2, 0.25) is 0 Å². The van der Waals surface area contributed by atoms with Crippen molar-refractivity contribution in [3.05, 3.63) is 83.6 Å². The van der Waals surface area contributed by atoms with E-state index in [-0.39, 0.29) is 11.7 Å². The van der Waals surface area contributed by atoms with Gasteiger partial charge in [-0.15, -0.1) is 0 Å². The van der Waals surface area contributed by atoms with E-state index in [2.05, 4.69) is 48.0 Å². The molecule has 27 heavy (non-hydrogen) atoms. The lowest BCUT2D eigenvalue weighted by Crippen LogP contribution is -2.20. The van der Waals surface area contributed by atoms with E-state index in [0.717, 1.165) is 16.3 Å². The Bertz CT molecular complexity index is 1170. The third kappa shape index (κ3) is 2.66. The topological polar surface area (TPSA) is 31.2 Å². The number of fused-ring (bicyclic) bond motifs is 4. The molecule has 4 aromatic rings. The van der Waals surface area contributed by atoms with Crippen molar-refractivity contribution in [3.8, 4) is 0 Å². The van der Waals surface area contributed by atoms with Crippen LogP contribution in [0.5, 0.6) is 0 Å². The first-order valence-electron chi connectivity index (χ1n) is 9.38. The first-order valence-corrected chi connectivity index (χ1v) is 9.38. The Kier molecular flexibility index (Phi) is 3.83. The highest BCUT2D eigenvalue weighted by atomic mass is 16.5. The van der Waals surface area contributed by atoms with Gasteiger partial charge in [0.15, 0.2) is 5.78 Å². The Morgan fingerprint density at radius 3 is 2.70 bits per heavy atom.